The fraction of sp³-hybridized carbons (Fsp3) is 0.250. The Kier molecular flexibility index (Phi) is 6.24. The molecule has 2 amide bonds. The molecule has 0 N–H and O–H groups in total. The van der Waals surface area contributed by atoms with Crippen molar-refractivity contribution in [3.05, 3.63) is 114 Å². The minimum Gasteiger partial charge on any atom is -0.497 e. The topological polar surface area (TPSA) is 54.8 Å². The van der Waals surface area contributed by atoms with Crippen LogP contribution in [-0.4, -0.2) is 41.0 Å². The zero-order valence-electron chi connectivity index (χ0n) is 21.7. The van der Waals surface area contributed by atoms with E-state index in [9.17, 15) is 9.59 Å². The summed E-state index contributed by atoms with van der Waals surface area (Å²) in [6.07, 6.45) is 4.80. The summed E-state index contributed by atoms with van der Waals surface area (Å²) in [5.74, 6) is 0.576. The molecule has 1 aliphatic heterocycles. The number of hydrogen-bond acceptors (Lipinski definition) is 3. The van der Waals surface area contributed by atoms with E-state index in [0.29, 0.717) is 5.56 Å². The standard InChI is InChI=1S/C32H31N3O3/c1-3-22-10-12-24(13-11-22)32(37)34(25-16-17-25)21-30(36)35-28-8-5-4-7-27(28)33-20-6-9-29(33)31(35)23-14-18-26(38-2)19-15-23/h4-15,18-20,25,31H,3,16-17,21H2,1-2H3. The summed E-state index contributed by atoms with van der Waals surface area (Å²) in [7, 11) is 1.64. The molecule has 2 heterocycles. The lowest BCUT2D eigenvalue weighted by Crippen LogP contribution is -2.47. The monoisotopic (exact) mass is 505 g/mol. The van der Waals surface area contributed by atoms with E-state index in [1.807, 2.05) is 90.0 Å². The van der Waals surface area contributed by atoms with Crippen LogP contribution in [0.5, 0.6) is 5.75 Å². The molecule has 6 nitrogen and oxygen atoms in total. The molecule has 1 aliphatic carbocycles. The average molecular weight is 506 g/mol. The number of benzene rings is 3. The van der Waals surface area contributed by atoms with Gasteiger partial charge in [-0.3, -0.25) is 14.5 Å². The first-order valence-electron chi connectivity index (χ1n) is 13.2. The molecule has 192 valence electrons. The summed E-state index contributed by atoms with van der Waals surface area (Å²) in [5.41, 5.74) is 5.57. The van der Waals surface area contributed by atoms with Crippen LogP contribution in [0, 0.1) is 0 Å². The lowest BCUT2D eigenvalue weighted by atomic mass is 9.97. The molecule has 0 bridgehead atoms. The number of nitrogens with zero attached hydrogens (tertiary/aromatic N) is 3. The second-order valence-corrected chi connectivity index (χ2v) is 9.95. The highest BCUT2D eigenvalue weighted by atomic mass is 16.5. The average Bonchev–Trinajstić information content (AvgIpc) is 3.69. The quantitative estimate of drug-likeness (QED) is 0.320. The molecule has 1 fully saturated rings. The van der Waals surface area contributed by atoms with Crippen LogP contribution < -0.4 is 9.64 Å². The Morgan fingerprint density at radius 1 is 0.895 bits per heavy atom. The molecule has 1 aromatic heterocycles. The third-order valence-electron chi connectivity index (χ3n) is 7.58. The molecular formula is C32H31N3O3. The normalized spacial score (nSPS) is 15.9. The Morgan fingerprint density at radius 3 is 2.26 bits per heavy atom. The van der Waals surface area contributed by atoms with Crippen molar-refractivity contribution in [2.45, 2.75) is 38.3 Å². The first-order chi connectivity index (χ1) is 18.6. The summed E-state index contributed by atoms with van der Waals surface area (Å²) in [5, 5.41) is 0. The minimum atomic E-state index is -0.335. The van der Waals surface area contributed by atoms with Gasteiger partial charge in [0.25, 0.3) is 5.91 Å². The zero-order chi connectivity index (χ0) is 26.2. The number of fused-ring (bicyclic) bond motifs is 3. The molecule has 38 heavy (non-hydrogen) atoms. The van der Waals surface area contributed by atoms with Crippen molar-refractivity contribution in [3.63, 3.8) is 0 Å². The highest BCUT2D eigenvalue weighted by Gasteiger charge is 2.40. The van der Waals surface area contributed by atoms with Crippen LogP contribution in [-0.2, 0) is 11.2 Å². The van der Waals surface area contributed by atoms with Gasteiger partial charge in [0, 0.05) is 17.8 Å². The van der Waals surface area contributed by atoms with Gasteiger partial charge in [-0.1, -0.05) is 43.3 Å². The van der Waals surface area contributed by atoms with E-state index >= 15 is 0 Å². The molecule has 3 aromatic carbocycles. The zero-order valence-corrected chi connectivity index (χ0v) is 21.7. The number of methoxy groups -OCH3 is 1. The van der Waals surface area contributed by atoms with E-state index in [2.05, 4.69) is 17.6 Å². The Hall–Kier alpha value is -4.32. The number of carbonyl (C=O) groups excluding carboxylic acids is 2. The predicted molar refractivity (Wildman–Crippen MR) is 148 cm³/mol. The molecule has 0 saturated heterocycles. The first kappa shape index (κ1) is 24.0. The van der Waals surface area contributed by atoms with Crippen molar-refractivity contribution in [3.8, 4) is 11.4 Å². The summed E-state index contributed by atoms with van der Waals surface area (Å²) in [4.78, 5) is 31.5. The van der Waals surface area contributed by atoms with Gasteiger partial charge in [-0.05, 0) is 78.9 Å². The fourth-order valence-corrected chi connectivity index (χ4v) is 5.39. The van der Waals surface area contributed by atoms with Crippen molar-refractivity contribution in [1.29, 1.82) is 0 Å². The SMILES string of the molecule is CCc1ccc(C(=O)N(CC(=O)N2c3ccccc3-n3cccc3C2c2ccc(OC)cc2)C2CC2)cc1. The Bertz CT molecular complexity index is 1470. The molecule has 2 aliphatic rings. The van der Waals surface area contributed by atoms with E-state index in [1.165, 1.54) is 5.56 Å². The maximum Gasteiger partial charge on any atom is 0.254 e. The van der Waals surface area contributed by atoms with Crippen molar-refractivity contribution in [1.82, 2.24) is 9.47 Å². The minimum absolute atomic E-state index is 0.0285. The van der Waals surface area contributed by atoms with Crippen molar-refractivity contribution in [2.75, 3.05) is 18.6 Å². The molecular weight excluding hydrogens is 474 g/mol. The summed E-state index contributed by atoms with van der Waals surface area (Å²) in [6.45, 7) is 2.12. The van der Waals surface area contributed by atoms with Gasteiger partial charge in [-0.25, -0.2) is 0 Å². The second kappa shape index (κ2) is 9.86. The highest BCUT2D eigenvalue weighted by molar-refractivity contribution is 6.03. The van der Waals surface area contributed by atoms with E-state index in [0.717, 1.165) is 47.6 Å². The number of aromatic nitrogens is 1. The number of para-hydroxylation sites is 2. The van der Waals surface area contributed by atoms with Gasteiger partial charge in [0.1, 0.15) is 18.3 Å². The lowest BCUT2D eigenvalue weighted by molar-refractivity contribution is -0.119. The molecule has 0 radical (unpaired) electrons. The maximum atomic E-state index is 14.3. The van der Waals surface area contributed by atoms with Crippen molar-refractivity contribution in [2.24, 2.45) is 0 Å². The molecule has 1 unspecified atom stereocenters. The Balaban J connectivity index is 1.38. The van der Waals surface area contributed by atoms with Crippen LogP contribution >= 0.6 is 0 Å². The maximum absolute atomic E-state index is 14.3. The number of aryl methyl sites for hydroxylation is 1. The molecule has 6 rings (SSSR count). The van der Waals surface area contributed by atoms with E-state index in [-0.39, 0.29) is 30.4 Å². The largest absolute Gasteiger partial charge is 0.497 e. The van der Waals surface area contributed by atoms with Gasteiger partial charge in [0.15, 0.2) is 0 Å². The van der Waals surface area contributed by atoms with Crippen LogP contribution in [0.2, 0.25) is 0 Å². The third kappa shape index (κ3) is 4.26. The molecule has 1 saturated carbocycles. The van der Waals surface area contributed by atoms with Crippen LogP contribution in [0.25, 0.3) is 5.69 Å². The second-order valence-electron chi connectivity index (χ2n) is 9.95. The molecule has 1 atom stereocenters. The summed E-state index contributed by atoms with van der Waals surface area (Å²) < 4.78 is 7.53. The van der Waals surface area contributed by atoms with Crippen molar-refractivity contribution < 1.29 is 14.3 Å². The van der Waals surface area contributed by atoms with Gasteiger partial charge in [-0.15, -0.1) is 0 Å². The molecule has 4 aromatic rings. The Morgan fingerprint density at radius 2 is 1.61 bits per heavy atom. The predicted octanol–water partition coefficient (Wildman–Crippen LogP) is 5.79. The smallest absolute Gasteiger partial charge is 0.254 e. The lowest BCUT2D eigenvalue weighted by Gasteiger charge is -2.39. The van der Waals surface area contributed by atoms with Crippen LogP contribution in [0.3, 0.4) is 0 Å². The van der Waals surface area contributed by atoms with E-state index in [1.54, 1.807) is 12.0 Å². The van der Waals surface area contributed by atoms with Crippen LogP contribution in [0.15, 0.2) is 91.1 Å². The number of hydrogen-bond donors (Lipinski definition) is 0. The van der Waals surface area contributed by atoms with E-state index in [4.69, 9.17) is 4.74 Å². The number of amides is 2. The number of anilines is 1. The van der Waals surface area contributed by atoms with E-state index < -0.39 is 0 Å². The Labute approximate surface area is 223 Å². The van der Waals surface area contributed by atoms with Gasteiger partial charge < -0.3 is 14.2 Å². The van der Waals surface area contributed by atoms with Crippen molar-refractivity contribution >= 4 is 17.5 Å². The van der Waals surface area contributed by atoms with Gasteiger partial charge >= 0.3 is 0 Å². The van der Waals surface area contributed by atoms with Gasteiger partial charge in [0.05, 0.1) is 24.2 Å². The number of ether oxygens (including phenoxy) is 1. The summed E-state index contributed by atoms with van der Waals surface area (Å²) >= 11 is 0. The number of rotatable bonds is 7. The first-order valence-corrected chi connectivity index (χ1v) is 13.2. The van der Waals surface area contributed by atoms with Crippen LogP contribution in [0.1, 0.15) is 53.0 Å². The number of carbonyl (C=O) groups is 2. The van der Waals surface area contributed by atoms with Gasteiger partial charge in [0.2, 0.25) is 5.91 Å². The third-order valence-corrected chi connectivity index (χ3v) is 7.58. The van der Waals surface area contributed by atoms with Crippen LogP contribution in [0.4, 0.5) is 5.69 Å². The van der Waals surface area contributed by atoms with Gasteiger partial charge in [-0.2, -0.15) is 0 Å². The molecule has 0 spiro atoms. The highest BCUT2D eigenvalue weighted by Crippen LogP contribution is 2.43. The fourth-order valence-electron chi connectivity index (χ4n) is 5.39. The molecule has 6 heteroatoms. The summed E-state index contributed by atoms with van der Waals surface area (Å²) in [6, 6.07) is 27.4.